The summed E-state index contributed by atoms with van der Waals surface area (Å²) in [5.74, 6) is -0.756. The van der Waals surface area contributed by atoms with Crippen molar-refractivity contribution in [2.24, 2.45) is 5.41 Å². The molecule has 0 saturated carbocycles. The van der Waals surface area contributed by atoms with Gasteiger partial charge in [0.1, 0.15) is 11.5 Å². The van der Waals surface area contributed by atoms with Crippen LogP contribution in [0.3, 0.4) is 0 Å². The molecule has 0 radical (unpaired) electrons. The average molecular weight is 556 g/mol. The molecular formula is C36H29NO5. The molecule has 7 rings (SSSR count). The highest BCUT2D eigenvalue weighted by Gasteiger charge is 2.72. The van der Waals surface area contributed by atoms with E-state index in [4.69, 9.17) is 9.47 Å². The molecule has 4 aromatic rings. The number of rotatable bonds is 5. The van der Waals surface area contributed by atoms with E-state index in [1.54, 1.807) is 37.4 Å². The predicted octanol–water partition coefficient (Wildman–Crippen LogP) is 6.33. The molecule has 0 bridgehead atoms. The van der Waals surface area contributed by atoms with Gasteiger partial charge in [-0.3, -0.25) is 14.4 Å². The van der Waals surface area contributed by atoms with Crippen molar-refractivity contribution in [1.82, 2.24) is 0 Å². The lowest BCUT2D eigenvalue weighted by atomic mass is 9.64. The molecule has 1 saturated heterocycles. The van der Waals surface area contributed by atoms with Gasteiger partial charge in [0.2, 0.25) is 0 Å². The number of benzene rings is 4. The zero-order valence-electron chi connectivity index (χ0n) is 23.5. The van der Waals surface area contributed by atoms with Crippen LogP contribution in [0.1, 0.15) is 53.7 Å². The maximum atomic E-state index is 14.8. The lowest BCUT2D eigenvalue weighted by molar-refractivity contribution is 0.0664. The van der Waals surface area contributed by atoms with Gasteiger partial charge >= 0.3 is 0 Å². The number of hydrogen-bond acceptors (Lipinski definition) is 6. The number of aryl methyl sites for hydroxylation is 1. The maximum Gasteiger partial charge on any atom is 0.185 e. The van der Waals surface area contributed by atoms with Crippen molar-refractivity contribution in [2.45, 2.75) is 24.9 Å². The molecule has 1 spiro atoms. The summed E-state index contributed by atoms with van der Waals surface area (Å²) in [5.41, 5.74) is 2.98. The molecule has 0 unspecified atom stereocenters. The number of hydrogen-bond donors (Lipinski definition) is 0. The Morgan fingerprint density at radius 2 is 1.45 bits per heavy atom. The van der Waals surface area contributed by atoms with Gasteiger partial charge in [-0.1, -0.05) is 96.6 Å². The molecule has 0 aromatic heterocycles. The summed E-state index contributed by atoms with van der Waals surface area (Å²) in [7, 11) is 3.08. The number of methoxy groups -OCH3 is 2. The van der Waals surface area contributed by atoms with E-state index in [1.165, 1.54) is 7.11 Å². The molecule has 42 heavy (non-hydrogen) atoms. The third kappa shape index (κ3) is 3.35. The average Bonchev–Trinajstić information content (AvgIpc) is 3.46. The lowest BCUT2D eigenvalue weighted by Crippen LogP contribution is -2.48. The number of Topliss-reactive ketones (excluding diaryl/α,β-unsaturated/α-hetero) is 3. The fourth-order valence-electron chi connectivity index (χ4n) is 7.31. The lowest BCUT2D eigenvalue weighted by Gasteiger charge is -2.37. The van der Waals surface area contributed by atoms with E-state index in [1.807, 2.05) is 84.6 Å². The summed E-state index contributed by atoms with van der Waals surface area (Å²) < 4.78 is 11.6. The predicted molar refractivity (Wildman–Crippen MR) is 161 cm³/mol. The minimum atomic E-state index is -1.61. The number of carbonyl (C=O) groups is 3. The normalized spacial score (nSPS) is 21.2. The van der Waals surface area contributed by atoms with E-state index in [2.05, 4.69) is 0 Å². The quantitative estimate of drug-likeness (QED) is 0.212. The van der Waals surface area contributed by atoms with Crippen LogP contribution in [0.2, 0.25) is 0 Å². The van der Waals surface area contributed by atoms with E-state index in [-0.39, 0.29) is 17.3 Å². The van der Waals surface area contributed by atoms with E-state index in [0.717, 1.165) is 16.8 Å². The number of para-hydroxylation sites is 2. The minimum absolute atomic E-state index is 0.173. The van der Waals surface area contributed by atoms with E-state index in [0.29, 0.717) is 33.8 Å². The Bertz CT molecular complexity index is 1770. The Morgan fingerprint density at radius 3 is 2.12 bits per heavy atom. The van der Waals surface area contributed by atoms with Crippen LogP contribution in [0.5, 0.6) is 11.5 Å². The highest BCUT2D eigenvalue weighted by atomic mass is 16.5. The summed E-state index contributed by atoms with van der Waals surface area (Å²) >= 11 is 0. The highest BCUT2D eigenvalue weighted by Crippen LogP contribution is 2.62. The van der Waals surface area contributed by atoms with Gasteiger partial charge in [-0.2, -0.15) is 0 Å². The second-order valence-corrected chi connectivity index (χ2v) is 11.1. The Kier molecular flexibility index (Phi) is 5.91. The molecule has 3 aliphatic rings. The van der Waals surface area contributed by atoms with Crippen LogP contribution < -0.4 is 14.4 Å². The van der Waals surface area contributed by atoms with Crippen molar-refractivity contribution >= 4 is 29.1 Å². The van der Waals surface area contributed by atoms with Gasteiger partial charge in [0, 0.05) is 33.9 Å². The van der Waals surface area contributed by atoms with E-state index in [9.17, 15) is 14.4 Å². The topological polar surface area (TPSA) is 72.9 Å². The Labute approximate surface area is 244 Å². The Balaban J connectivity index is 1.58. The standard InChI is InChI=1S/C36H29NO5/c1-21-15-17-23(18-16-21)32(38)31-30(26-12-8-14-28(41-2)33(26)42-3)36(34(39)24-10-5-6-11-25(24)35(36)40)29-20-19-22-9-4-7-13-27(22)37(29)31/h4-20,29-31H,1-3H3/t29-,30-,31+/m0/s1. The van der Waals surface area contributed by atoms with Gasteiger partial charge in [-0.25, -0.2) is 0 Å². The van der Waals surface area contributed by atoms with Crippen molar-refractivity contribution in [2.75, 3.05) is 19.1 Å². The first-order chi connectivity index (χ1) is 20.4. The Hall–Kier alpha value is -4.97. The van der Waals surface area contributed by atoms with Crippen LogP contribution in [-0.4, -0.2) is 43.7 Å². The highest BCUT2D eigenvalue weighted by molar-refractivity contribution is 6.32. The maximum absolute atomic E-state index is 14.8. The number of fused-ring (bicyclic) bond motifs is 5. The first kappa shape index (κ1) is 26.0. The van der Waals surface area contributed by atoms with Crippen LogP contribution in [0.25, 0.3) is 6.08 Å². The fourth-order valence-corrected chi connectivity index (χ4v) is 7.31. The van der Waals surface area contributed by atoms with Crippen molar-refractivity contribution in [3.8, 4) is 11.5 Å². The molecule has 208 valence electrons. The van der Waals surface area contributed by atoms with E-state index >= 15 is 0 Å². The first-order valence-electron chi connectivity index (χ1n) is 14.0. The van der Waals surface area contributed by atoms with Gasteiger partial charge in [0.15, 0.2) is 28.8 Å². The van der Waals surface area contributed by atoms with Crippen LogP contribution in [0.15, 0.2) is 97.1 Å². The van der Waals surface area contributed by atoms with Gasteiger partial charge in [-0.05, 0) is 24.6 Å². The molecule has 6 nitrogen and oxygen atoms in total. The number of ketones is 3. The summed E-state index contributed by atoms with van der Waals surface area (Å²) in [6.45, 7) is 1.97. The van der Waals surface area contributed by atoms with Crippen LogP contribution in [0, 0.1) is 12.3 Å². The molecule has 3 atom stereocenters. The summed E-state index contributed by atoms with van der Waals surface area (Å²) in [6.07, 6.45) is 3.88. The van der Waals surface area contributed by atoms with Gasteiger partial charge in [0.25, 0.3) is 0 Å². The van der Waals surface area contributed by atoms with Crippen LogP contribution in [-0.2, 0) is 0 Å². The number of ether oxygens (including phenoxy) is 2. The fraction of sp³-hybridized carbons (Fsp3) is 0.194. The van der Waals surface area contributed by atoms with Crippen molar-refractivity contribution in [1.29, 1.82) is 0 Å². The summed E-state index contributed by atoms with van der Waals surface area (Å²) in [4.78, 5) is 46.5. The van der Waals surface area contributed by atoms with E-state index < -0.39 is 23.4 Å². The zero-order valence-corrected chi connectivity index (χ0v) is 23.5. The molecule has 4 aromatic carbocycles. The third-order valence-corrected chi connectivity index (χ3v) is 9.09. The summed E-state index contributed by atoms with van der Waals surface area (Å²) in [6, 6.07) is 26.0. The summed E-state index contributed by atoms with van der Waals surface area (Å²) in [5, 5.41) is 0. The van der Waals surface area contributed by atoms with Crippen molar-refractivity contribution in [3.63, 3.8) is 0 Å². The third-order valence-electron chi connectivity index (χ3n) is 9.09. The molecule has 6 heteroatoms. The number of carbonyl (C=O) groups excluding carboxylic acids is 3. The molecule has 2 aliphatic heterocycles. The molecular weight excluding hydrogens is 526 g/mol. The smallest absolute Gasteiger partial charge is 0.185 e. The molecule has 0 N–H and O–H groups in total. The van der Waals surface area contributed by atoms with Gasteiger partial charge in [0.05, 0.1) is 20.3 Å². The van der Waals surface area contributed by atoms with Gasteiger partial charge < -0.3 is 14.4 Å². The van der Waals surface area contributed by atoms with Crippen LogP contribution in [0.4, 0.5) is 5.69 Å². The number of anilines is 1. The zero-order chi connectivity index (χ0) is 29.2. The monoisotopic (exact) mass is 555 g/mol. The number of nitrogens with zero attached hydrogens (tertiary/aromatic N) is 1. The molecule has 0 amide bonds. The second kappa shape index (κ2) is 9.55. The van der Waals surface area contributed by atoms with Gasteiger partial charge in [-0.15, -0.1) is 0 Å². The van der Waals surface area contributed by atoms with Crippen molar-refractivity contribution < 1.29 is 23.9 Å². The SMILES string of the molecule is COc1cccc([C@H]2[C@H](C(=O)c3ccc(C)cc3)N3c4ccccc4C=C[C@H]3C23C(=O)c2ccccc2C3=O)c1OC. The second-order valence-electron chi connectivity index (χ2n) is 11.1. The van der Waals surface area contributed by atoms with Crippen molar-refractivity contribution in [3.05, 3.63) is 130 Å². The Morgan fingerprint density at radius 1 is 0.786 bits per heavy atom. The van der Waals surface area contributed by atoms with Crippen LogP contribution >= 0.6 is 0 Å². The molecule has 2 heterocycles. The molecule has 1 fully saturated rings. The first-order valence-corrected chi connectivity index (χ1v) is 14.0. The largest absolute Gasteiger partial charge is 0.493 e. The minimum Gasteiger partial charge on any atom is -0.493 e. The molecule has 1 aliphatic carbocycles.